The lowest BCUT2D eigenvalue weighted by Gasteiger charge is -2.43. The summed E-state index contributed by atoms with van der Waals surface area (Å²) in [6.07, 6.45) is 1.44. The van der Waals surface area contributed by atoms with Crippen LogP contribution in [0.5, 0.6) is 0 Å². The number of nitrogens with two attached hydrogens (primary N) is 2. The van der Waals surface area contributed by atoms with Crippen molar-refractivity contribution in [3.05, 3.63) is 78.4 Å². The van der Waals surface area contributed by atoms with E-state index < -0.39 is 5.54 Å². The summed E-state index contributed by atoms with van der Waals surface area (Å²) < 4.78 is 0. The highest BCUT2D eigenvalue weighted by Gasteiger charge is 2.53. The molecule has 0 aliphatic carbocycles. The number of rotatable bonds is 12. The summed E-state index contributed by atoms with van der Waals surface area (Å²) in [6, 6.07) is 25.1. The molecule has 2 saturated heterocycles. The first-order valence-corrected chi connectivity index (χ1v) is 14.7. The fourth-order valence-electron chi connectivity index (χ4n) is 6.36. The molecule has 9 nitrogen and oxygen atoms in total. The maximum absolute atomic E-state index is 14.0. The van der Waals surface area contributed by atoms with Crippen LogP contribution in [0.4, 0.5) is 5.69 Å². The number of amides is 2. The largest absolute Gasteiger partial charge is 0.353 e. The Morgan fingerprint density at radius 3 is 2.11 bits per heavy atom. The predicted molar refractivity (Wildman–Crippen MR) is 193 cm³/mol. The highest BCUT2D eigenvalue weighted by molar-refractivity contribution is 5.96. The van der Waals surface area contributed by atoms with Crippen molar-refractivity contribution in [2.45, 2.75) is 24.9 Å². The molecule has 0 saturated carbocycles. The van der Waals surface area contributed by atoms with Crippen LogP contribution < -0.4 is 21.7 Å². The maximum atomic E-state index is 14.0. The number of likely N-dealkylation sites (tertiary alicyclic amines) is 1. The molecule has 0 unspecified atom stereocenters. The van der Waals surface area contributed by atoms with E-state index in [1.54, 1.807) is 4.90 Å². The number of fused-ring (bicyclic) bond motifs is 1. The number of hydrogen-bond donors (Lipinski definition) is 3. The molecule has 5 rings (SSSR count). The molecule has 2 fully saturated rings. The molecule has 0 radical (unpaired) electrons. The molecule has 0 atom stereocenters. The summed E-state index contributed by atoms with van der Waals surface area (Å²) >= 11 is 0. The van der Waals surface area contributed by atoms with Crippen molar-refractivity contribution < 1.29 is 9.59 Å². The molecule has 45 heavy (non-hydrogen) atoms. The maximum Gasteiger partial charge on any atom is 0.250 e. The Hall–Kier alpha value is -2.34. The number of carbonyl (C=O) groups is 2. The number of nitrogens with zero attached hydrogens (tertiary/aromatic N) is 4. The van der Waals surface area contributed by atoms with Crippen LogP contribution >= 0.6 is 49.6 Å². The Morgan fingerprint density at radius 2 is 1.44 bits per heavy atom. The third-order valence-corrected chi connectivity index (χ3v) is 8.51. The zero-order valence-corrected chi connectivity index (χ0v) is 28.8. The average Bonchev–Trinajstić information content (AvgIpc) is 3.25. The number of nitrogens with one attached hydrogen (secondary N) is 1. The minimum Gasteiger partial charge on any atom is -0.353 e. The smallest absolute Gasteiger partial charge is 0.250 e. The standard InChI is InChI=1S/C32H43N7O2.4ClH/c33-15-20-36(21-16-34)22-17-35-30(40)24-38-25-39(28-10-2-1-3-11-28)32(31(38)41)13-18-37(19-14-32)23-27-9-6-8-26-7-4-5-12-29(26)27;;;;/h1-12H,13-25,33-34H2,(H,35,40);4*1H. The van der Waals surface area contributed by atoms with E-state index >= 15 is 0 Å². The topological polar surface area (TPSA) is 111 Å². The lowest BCUT2D eigenvalue weighted by Crippen LogP contribution is -2.56. The number of para-hydroxylation sites is 1. The van der Waals surface area contributed by atoms with Crippen LogP contribution in [-0.4, -0.2) is 97.6 Å². The Morgan fingerprint density at radius 1 is 0.822 bits per heavy atom. The number of hydrogen-bond acceptors (Lipinski definition) is 7. The molecular weight excluding hydrogens is 656 g/mol. The van der Waals surface area contributed by atoms with Crippen LogP contribution in [0.1, 0.15) is 18.4 Å². The molecular formula is C32H47Cl4N7O2. The van der Waals surface area contributed by atoms with Crippen molar-refractivity contribution in [1.82, 2.24) is 20.0 Å². The first kappa shape index (κ1) is 40.7. The molecule has 0 bridgehead atoms. The molecule has 0 aromatic heterocycles. The van der Waals surface area contributed by atoms with Gasteiger partial charge in [-0.05, 0) is 41.3 Å². The SMILES string of the molecule is Cl.Cl.Cl.Cl.NCCN(CCN)CCNC(=O)CN1CN(c2ccccc2)C2(CCN(Cc3cccc4ccccc34)CC2)C1=O. The van der Waals surface area contributed by atoms with Gasteiger partial charge in [-0.15, -0.1) is 49.6 Å². The Kier molecular flexibility index (Phi) is 17.5. The monoisotopic (exact) mass is 701 g/mol. The Bertz CT molecular complexity index is 1320. The summed E-state index contributed by atoms with van der Waals surface area (Å²) in [7, 11) is 0. The van der Waals surface area contributed by atoms with E-state index in [0.717, 1.165) is 51.3 Å². The van der Waals surface area contributed by atoms with Gasteiger partial charge < -0.3 is 26.6 Å². The predicted octanol–water partition coefficient (Wildman–Crippen LogP) is 3.50. The lowest BCUT2D eigenvalue weighted by molar-refractivity contribution is -0.137. The van der Waals surface area contributed by atoms with Gasteiger partial charge in [0.1, 0.15) is 12.1 Å². The van der Waals surface area contributed by atoms with Gasteiger partial charge in [-0.2, -0.15) is 0 Å². The second kappa shape index (κ2) is 19.4. The summed E-state index contributed by atoms with van der Waals surface area (Å²) in [5.74, 6) is -0.0912. The van der Waals surface area contributed by atoms with Gasteiger partial charge in [0.05, 0.1) is 6.67 Å². The first-order chi connectivity index (χ1) is 20.0. The van der Waals surface area contributed by atoms with E-state index in [-0.39, 0.29) is 68.0 Å². The van der Waals surface area contributed by atoms with Crippen LogP contribution in [0.3, 0.4) is 0 Å². The Balaban J connectivity index is 0.00000253. The van der Waals surface area contributed by atoms with Gasteiger partial charge in [-0.1, -0.05) is 60.7 Å². The van der Waals surface area contributed by atoms with Gasteiger partial charge in [-0.25, -0.2) is 0 Å². The number of piperidine rings is 1. The lowest BCUT2D eigenvalue weighted by atomic mass is 9.85. The van der Waals surface area contributed by atoms with Crippen LogP contribution in [-0.2, 0) is 16.1 Å². The van der Waals surface area contributed by atoms with E-state index in [9.17, 15) is 9.59 Å². The van der Waals surface area contributed by atoms with E-state index in [1.165, 1.54) is 16.3 Å². The van der Waals surface area contributed by atoms with Gasteiger partial charge >= 0.3 is 0 Å². The van der Waals surface area contributed by atoms with E-state index in [1.807, 2.05) is 18.2 Å². The van der Waals surface area contributed by atoms with Crippen LogP contribution in [0.2, 0.25) is 0 Å². The molecule has 2 aliphatic heterocycles. The zero-order chi connectivity index (χ0) is 28.7. The second-order valence-electron chi connectivity index (χ2n) is 11.1. The molecule has 250 valence electrons. The van der Waals surface area contributed by atoms with Crippen LogP contribution in [0, 0.1) is 0 Å². The van der Waals surface area contributed by atoms with Gasteiger partial charge in [0.2, 0.25) is 11.8 Å². The number of carbonyl (C=O) groups excluding carboxylic acids is 2. The zero-order valence-electron chi connectivity index (χ0n) is 25.5. The van der Waals surface area contributed by atoms with Crippen molar-refractivity contribution in [2.75, 3.05) is 70.5 Å². The highest BCUT2D eigenvalue weighted by Crippen LogP contribution is 2.39. The summed E-state index contributed by atoms with van der Waals surface area (Å²) in [5, 5.41) is 5.52. The third-order valence-electron chi connectivity index (χ3n) is 8.51. The van der Waals surface area contributed by atoms with Gasteiger partial charge in [0, 0.05) is 64.6 Å². The molecule has 3 aromatic carbocycles. The number of anilines is 1. The number of halogens is 4. The van der Waals surface area contributed by atoms with Crippen molar-refractivity contribution in [3.8, 4) is 0 Å². The van der Waals surface area contributed by atoms with Crippen LogP contribution in [0.25, 0.3) is 10.8 Å². The third kappa shape index (κ3) is 9.59. The van der Waals surface area contributed by atoms with Crippen LogP contribution in [0.15, 0.2) is 72.8 Å². The van der Waals surface area contributed by atoms with Gasteiger partial charge in [-0.3, -0.25) is 19.4 Å². The minimum atomic E-state index is -0.643. The minimum absolute atomic E-state index is 0. The summed E-state index contributed by atoms with van der Waals surface area (Å²) in [4.78, 5) is 35.5. The van der Waals surface area contributed by atoms with Crippen molar-refractivity contribution >= 4 is 77.9 Å². The molecule has 2 amide bonds. The molecule has 1 spiro atoms. The fraction of sp³-hybridized carbons (Fsp3) is 0.438. The molecule has 5 N–H and O–H groups in total. The van der Waals surface area contributed by atoms with E-state index in [2.05, 4.69) is 74.6 Å². The van der Waals surface area contributed by atoms with E-state index in [0.29, 0.717) is 32.8 Å². The van der Waals surface area contributed by atoms with Gasteiger partial charge in [0.25, 0.3) is 0 Å². The van der Waals surface area contributed by atoms with Crippen molar-refractivity contribution in [1.29, 1.82) is 0 Å². The number of benzene rings is 3. The summed E-state index contributed by atoms with van der Waals surface area (Å²) in [6.45, 7) is 6.70. The van der Waals surface area contributed by atoms with Gasteiger partial charge in [0.15, 0.2) is 0 Å². The van der Waals surface area contributed by atoms with E-state index in [4.69, 9.17) is 11.5 Å². The molecule has 2 heterocycles. The van der Waals surface area contributed by atoms with Crippen molar-refractivity contribution in [2.24, 2.45) is 11.5 Å². The first-order valence-electron chi connectivity index (χ1n) is 14.7. The highest BCUT2D eigenvalue weighted by atomic mass is 35.5. The molecule has 13 heteroatoms. The normalized spacial score (nSPS) is 15.7. The fourth-order valence-corrected chi connectivity index (χ4v) is 6.36. The molecule has 3 aromatic rings. The Labute approximate surface area is 291 Å². The van der Waals surface area contributed by atoms with Crippen molar-refractivity contribution in [3.63, 3.8) is 0 Å². The quantitative estimate of drug-likeness (QED) is 0.265. The average molecular weight is 704 g/mol. The molecule has 2 aliphatic rings. The second-order valence-corrected chi connectivity index (χ2v) is 11.1. The summed E-state index contributed by atoms with van der Waals surface area (Å²) in [5.41, 5.74) is 13.1.